The van der Waals surface area contributed by atoms with Gasteiger partial charge in [-0.1, -0.05) is 71.1 Å². The highest BCUT2D eigenvalue weighted by Gasteiger charge is 1.91. The Labute approximate surface area is 108 Å². The van der Waals surface area contributed by atoms with Gasteiger partial charge in [0.15, 0.2) is 0 Å². The normalized spacial score (nSPS) is 9.88. The molecule has 0 atom stereocenters. The molecule has 17 heavy (non-hydrogen) atoms. The molecular formula is C15H34O2. The Balaban J connectivity index is 0. The molecule has 0 radical (unpaired) electrons. The quantitative estimate of drug-likeness (QED) is 0.534. The standard InChI is InChI=1S/C13H28O.C2H6O/c1-2-3-4-5-6-7-8-9-10-11-12-13-14;1-2-3/h14H,2-13H2,1H3;3H,2H2,1H3. The molecule has 0 aromatic rings. The minimum Gasteiger partial charge on any atom is -0.397 e. The van der Waals surface area contributed by atoms with E-state index in [1.165, 1.54) is 64.2 Å². The summed E-state index contributed by atoms with van der Waals surface area (Å²) in [6.45, 7) is 4.57. The van der Waals surface area contributed by atoms with Gasteiger partial charge < -0.3 is 10.2 Å². The van der Waals surface area contributed by atoms with Crippen molar-refractivity contribution in [1.82, 2.24) is 0 Å². The number of rotatable bonds is 11. The summed E-state index contributed by atoms with van der Waals surface area (Å²) in [6, 6.07) is 0. The van der Waals surface area contributed by atoms with Gasteiger partial charge >= 0.3 is 0 Å². The highest BCUT2D eigenvalue weighted by atomic mass is 16.3. The highest BCUT2D eigenvalue weighted by molar-refractivity contribution is 4.47. The van der Waals surface area contributed by atoms with Crippen LogP contribution in [0.3, 0.4) is 0 Å². The van der Waals surface area contributed by atoms with Crippen LogP contribution < -0.4 is 0 Å². The second-order valence-electron chi connectivity index (χ2n) is 4.58. The van der Waals surface area contributed by atoms with E-state index in [1.54, 1.807) is 6.92 Å². The molecule has 0 amide bonds. The second kappa shape index (κ2) is 21.2. The van der Waals surface area contributed by atoms with Crippen molar-refractivity contribution in [3.05, 3.63) is 0 Å². The summed E-state index contributed by atoms with van der Waals surface area (Å²) in [5.74, 6) is 0. The van der Waals surface area contributed by atoms with E-state index in [1.807, 2.05) is 0 Å². The second-order valence-corrected chi connectivity index (χ2v) is 4.58. The summed E-state index contributed by atoms with van der Waals surface area (Å²) in [5, 5.41) is 16.2. The minimum atomic E-state index is 0.250. The maximum atomic E-state index is 8.59. The maximum Gasteiger partial charge on any atom is 0.0431 e. The van der Waals surface area contributed by atoms with Crippen LogP contribution in [0, 0.1) is 0 Å². The van der Waals surface area contributed by atoms with Gasteiger partial charge in [-0.25, -0.2) is 0 Å². The SMILES string of the molecule is CCCCCCCCCCCCCO.CCO. The molecule has 0 unspecified atom stereocenters. The molecule has 0 aromatic carbocycles. The molecule has 0 saturated heterocycles. The molecule has 0 rings (SSSR count). The van der Waals surface area contributed by atoms with Crippen LogP contribution >= 0.6 is 0 Å². The van der Waals surface area contributed by atoms with Gasteiger partial charge in [-0.05, 0) is 13.3 Å². The number of aliphatic hydroxyl groups excluding tert-OH is 2. The molecule has 0 aliphatic heterocycles. The van der Waals surface area contributed by atoms with Crippen molar-refractivity contribution in [1.29, 1.82) is 0 Å². The van der Waals surface area contributed by atoms with Crippen molar-refractivity contribution < 1.29 is 10.2 Å². The van der Waals surface area contributed by atoms with Gasteiger partial charge in [0, 0.05) is 13.2 Å². The predicted octanol–water partition coefficient (Wildman–Crippen LogP) is 4.29. The van der Waals surface area contributed by atoms with Gasteiger partial charge in [0.1, 0.15) is 0 Å². The molecule has 0 aromatic heterocycles. The van der Waals surface area contributed by atoms with Crippen molar-refractivity contribution in [3.8, 4) is 0 Å². The van der Waals surface area contributed by atoms with Gasteiger partial charge in [-0.3, -0.25) is 0 Å². The monoisotopic (exact) mass is 246 g/mol. The van der Waals surface area contributed by atoms with E-state index in [9.17, 15) is 0 Å². The topological polar surface area (TPSA) is 40.5 Å². The summed E-state index contributed by atoms with van der Waals surface area (Å²) in [6.07, 6.45) is 14.8. The minimum absolute atomic E-state index is 0.250. The molecule has 0 bridgehead atoms. The zero-order chi connectivity index (χ0) is 13.2. The number of unbranched alkanes of at least 4 members (excludes halogenated alkanes) is 10. The third-order valence-corrected chi connectivity index (χ3v) is 2.76. The third-order valence-electron chi connectivity index (χ3n) is 2.76. The van der Waals surface area contributed by atoms with E-state index in [4.69, 9.17) is 10.2 Å². The van der Waals surface area contributed by atoms with Crippen molar-refractivity contribution >= 4 is 0 Å². The van der Waals surface area contributed by atoms with Crippen LogP contribution in [0.25, 0.3) is 0 Å². The molecule has 2 nitrogen and oxygen atoms in total. The molecule has 2 heteroatoms. The van der Waals surface area contributed by atoms with Crippen molar-refractivity contribution in [2.75, 3.05) is 13.2 Å². The molecule has 2 N–H and O–H groups in total. The fourth-order valence-electron chi connectivity index (χ4n) is 1.78. The van der Waals surface area contributed by atoms with Crippen LogP contribution in [0.4, 0.5) is 0 Å². The first kappa shape index (κ1) is 19.3. The Morgan fingerprint density at radius 2 is 0.824 bits per heavy atom. The lowest BCUT2D eigenvalue weighted by Crippen LogP contribution is -1.84. The molecule has 0 saturated carbocycles. The number of aliphatic hydroxyl groups is 2. The molecule has 0 heterocycles. The van der Waals surface area contributed by atoms with Crippen LogP contribution in [0.5, 0.6) is 0 Å². The maximum absolute atomic E-state index is 8.59. The van der Waals surface area contributed by atoms with Crippen molar-refractivity contribution in [2.45, 2.75) is 84.5 Å². The summed E-state index contributed by atoms with van der Waals surface area (Å²) in [4.78, 5) is 0. The Hall–Kier alpha value is -0.0800. The van der Waals surface area contributed by atoms with Gasteiger partial charge in [-0.2, -0.15) is 0 Å². The Morgan fingerprint density at radius 3 is 1.12 bits per heavy atom. The summed E-state index contributed by atoms with van der Waals surface area (Å²) >= 11 is 0. The van der Waals surface area contributed by atoms with E-state index < -0.39 is 0 Å². The van der Waals surface area contributed by atoms with Gasteiger partial charge in [0.2, 0.25) is 0 Å². The Morgan fingerprint density at radius 1 is 0.529 bits per heavy atom. The lowest BCUT2D eigenvalue weighted by Gasteiger charge is -2.01. The average molecular weight is 246 g/mol. The summed E-state index contributed by atoms with van der Waals surface area (Å²) in [7, 11) is 0. The largest absolute Gasteiger partial charge is 0.397 e. The number of hydrogen-bond donors (Lipinski definition) is 2. The highest BCUT2D eigenvalue weighted by Crippen LogP contribution is 2.10. The van der Waals surface area contributed by atoms with E-state index in [2.05, 4.69) is 6.92 Å². The van der Waals surface area contributed by atoms with E-state index in [0.717, 1.165) is 6.42 Å². The zero-order valence-corrected chi connectivity index (χ0v) is 12.1. The third kappa shape index (κ3) is 25.9. The zero-order valence-electron chi connectivity index (χ0n) is 12.1. The fourth-order valence-corrected chi connectivity index (χ4v) is 1.78. The fraction of sp³-hybridized carbons (Fsp3) is 1.00. The molecule has 0 aliphatic carbocycles. The van der Waals surface area contributed by atoms with Crippen LogP contribution in [0.2, 0.25) is 0 Å². The average Bonchev–Trinajstić information content (AvgIpc) is 2.33. The predicted molar refractivity (Wildman–Crippen MR) is 76.3 cm³/mol. The van der Waals surface area contributed by atoms with Crippen molar-refractivity contribution in [3.63, 3.8) is 0 Å². The van der Waals surface area contributed by atoms with E-state index in [0.29, 0.717) is 6.61 Å². The summed E-state index contributed by atoms with van der Waals surface area (Å²) < 4.78 is 0. The van der Waals surface area contributed by atoms with Gasteiger partial charge in [0.05, 0.1) is 0 Å². The van der Waals surface area contributed by atoms with Gasteiger partial charge in [0.25, 0.3) is 0 Å². The van der Waals surface area contributed by atoms with E-state index in [-0.39, 0.29) is 6.61 Å². The lowest BCUT2D eigenvalue weighted by molar-refractivity contribution is 0.282. The van der Waals surface area contributed by atoms with Crippen LogP contribution in [0.15, 0.2) is 0 Å². The smallest absolute Gasteiger partial charge is 0.0431 e. The van der Waals surface area contributed by atoms with Crippen LogP contribution in [0.1, 0.15) is 84.5 Å². The van der Waals surface area contributed by atoms with E-state index >= 15 is 0 Å². The van der Waals surface area contributed by atoms with Crippen molar-refractivity contribution in [2.24, 2.45) is 0 Å². The number of hydrogen-bond acceptors (Lipinski definition) is 2. The first-order valence-electron chi connectivity index (χ1n) is 7.55. The molecule has 0 fully saturated rings. The first-order chi connectivity index (χ1) is 8.33. The lowest BCUT2D eigenvalue weighted by atomic mass is 10.1. The van der Waals surface area contributed by atoms with Gasteiger partial charge in [-0.15, -0.1) is 0 Å². The summed E-state index contributed by atoms with van der Waals surface area (Å²) in [5.41, 5.74) is 0. The molecule has 0 spiro atoms. The molecule has 0 aliphatic rings. The molecule has 106 valence electrons. The molecular weight excluding hydrogens is 212 g/mol. The first-order valence-corrected chi connectivity index (χ1v) is 7.55. The van der Waals surface area contributed by atoms with Crippen LogP contribution in [-0.4, -0.2) is 23.4 Å². The Bertz CT molecular complexity index is 93.1. The Kier molecular flexibility index (Phi) is 24.1. The van der Waals surface area contributed by atoms with Crippen LogP contribution in [-0.2, 0) is 0 Å².